The molecule has 0 aliphatic rings. The van der Waals surface area contributed by atoms with E-state index in [4.69, 9.17) is 0 Å². The van der Waals surface area contributed by atoms with E-state index in [0.717, 1.165) is 36.2 Å². The number of aryl methyl sites for hydroxylation is 3. The lowest BCUT2D eigenvalue weighted by Gasteiger charge is -2.10. The first-order chi connectivity index (χ1) is 11.0. The lowest BCUT2D eigenvalue weighted by molar-refractivity contribution is 0.730. The minimum absolute atomic E-state index is 0.636. The third-order valence-electron chi connectivity index (χ3n) is 3.70. The van der Waals surface area contributed by atoms with E-state index in [1.165, 1.54) is 16.1 Å². The highest BCUT2D eigenvalue weighted by atomic mass is 32.1. The molecule has 0 bridgehead atoms. The molecule has 2 aromatic heterocycles. The Morgan fingerprint density at radius 2 is 2.09 bits per heavy atom. The molecule has 6 nitrogen and oxygen atoms in total. The van der Waals surface area contributed by atoms with Gasteiger partial charge in [0.2, 0.25) is 0 Å². The Morgan fingerprint density at radius 3 is 2.65 bits per heavy atom. The molecule has 2 rings (SSSR count). The Balaban J connectivity index is 1.94. The highest BCUT2D eigenvalue weighted by molar-refractivity contribution is 7.11. The fraction of sp³-hybridized carbons (Fsp3) is 0.562. The Bertz CT molecular complexity index is 670. The van der Waals surface area contributed by atoms with Crippen LogP contribution in [0.1, 0.15) is 33.8 Å². The summed E-state index contributed by atoms with van der Waals surface area (Å²) < 4.78 is 1.91. The van der Waals surface area contributed by atoms with Crippen LogP contribution in [0.25, 0.3) is 0 Å². The average molecular weight is 334 g/mol. The van der Waals surface area contributed by atoms with Gasteiger partial charge in [-0.2, -0.15) is 5.10 Å². The van der Waals surface area contributed by atoms with Crippen LogP contribution in [0.15, 0.2) is 11.2 Å². The van der Waals surface area contributed by atoms with Gasteiger partial charge in [-0.25, -0.2) is 9.98 Å². The predicted octanol–water partition coefficient (Wildman–Crippen LogP) is 2.10. The molecule has 0 amide bonds. The second-order valence-corrected chi connectivity index (χ2v) is 6.83. The minimum Gasteiger partial charge on any atom is -0.357 e. The first kappa shape index (κ1) is 17.5. The third kappa shape index (κ3) is 4.79. The Labute approximate surface area is 142 Å². The Kier molecular flexibility index (Phi) is 6.15. The molecule has 0 fully saturated rings. The van der Waals surface area contributed by atoms with Gasteiger partial charge in [-0.3, -0.25) is 4.68 Å². The molecule has 2 aromatic rings. The number of aromatic nitrogens is 3. The maximum atomic E-state index is 4.68. The first-order valence-corrected chi connectivity index (χ1v) is 8.75. The Hall–Kier alpha value is -1.89. The van der Waals surface area contributed by atoms with Crippen LogP contribution >= 0.6 is 11.3 Å². The second kappa shape index (κ2) is 8.10. The maximum absolute atomic E-state index is 4.68. The van der Waals surface area contributed by atoms with E-state index >= 15 is 0 Å². The van der Waals surface area contributed by atoms with Crippen LogP contribution in [-0.4, -0.2) is 33.8 Å². The van der Waals surface area contributed by atoms with Crippen molar-refractivity contribution in [2.75, 3.05) is 13.1 Å². The summed E-state index contributed by atoms with van der Waals surface area (Å²) in [5, 5.41) is 12.3. The van der Waals surface area contributed by atoms with Gasteiger partial charge in [0.1, 0.15) is 0 Å². The molecule has 0 saturated carbocycles. The van der Waals surface area contributed by atoms with Crippen molar-refractivity contribution in [3.63, 3.8) is 0 Å². The summed E-state index contributed by atoms with van der Waals surface area (Å²) in [5.41, 5.74) is 3.41. The van der Waals surface area contributed by atoms with Gasteiger partial charge in [-0.1, -0.05) is 0 Å². The van der Waals surface area contributed by atoms with Crippen LogP contribution in [0.2, 0.25) is 0 Å². The van der Waals surface area contributed by atoms with E-state index in [0.29, 0.717) is 6.54 Å². The molecular formula is C16H26N6S. The summed E-state index contributed by atoms with van der Waals surface area (Å²) in [4.78, 5) is 10.3. The summed E-state index contributed by atoms with van der Waals surface area (Å²) in [5.74, 6) is 0.837. The maximum Gasteiger partial charge on any atom is 0.191 e. The molecule has 0 spiro atoms. The standard InChI is InChI=1S/C16H26N6S/c1-6-17-16(18-8-7-15-19-9-11(2)23-15)20-10-14-12(3)21-22(5)13(14)4/h9H,6-8,10H2,1-5H3,(H2,17,18,20). The van der Waals surface area contributed by atoms with Crippen molar-refractivity contribution < 1.29 is 0 Å². The van der Waals surface area contributed by atoms with Crippen molar-refractivity contribution in [2.24, 2.45) is 12.0 Å². The van der Waals surface area contributed by atoms with Crippen LogP contribution in [0.3, 0.4) is 0 Å². The number of aliphatic imine (C=N–C) groups is 1. The molecule has 2 heterocycles. The number of guanidine groups is 1. The zero-order valence-corrected chi connectivity index (χ0v) is 15.4. The highest BCUT2D eigenvalue weighted by Gasteiger charge is 2.09. The van der Waals surface area contributed by atoms with Crippen molar-refractivity contribution in [2.45, 2.75) is 40.7 Å². The topological polar surface area (TPSA) is 67.1 Å². The molecule has 126 valence electrons. The summed E-state index contributed by atoms with van der Waals surface area (Å²) in [7, 11) is 1.97. The van der Waals surface area contributed by atoms with Gasteiger partial charge >= 0.3 is 0 Å². The second-order valence-electron chi connectivity index (χ2n) is 5.51. The van der Waals surface area contributed by atoms with Gasteiger partial charge in [0, 0.05) is 48.9 Å². The van der Waals surface area contributed by atoms with Crippen molar-refractivity contribution in [3.05, 3.63) is 33.0 Å². The fourth-order valence-electron chi connectivity index (χ4n) is 2.35. The molecule has 0 unspecified atom stereocenters. The molecule has 0 aromatic carbocycles. The van der Waals surface area contributed by atoms with Gasteiger partial charge in [0.25, 0.3) is 0 Å². The van der Waals surface area contributed by atoms with Crippen LogP contribution in [0, 0.1) is 20.8 Å². The van der Waals surface area contributed by atoms with E-state index < -0.39 is 0 Å². The van der Waals surface area contributed by atoms with E-state index in [1.54, 1.807) is 11.3 Å². The van der Waals surface area contributed by atoms with Crippen molar-refractivity contribution in [3.8, 4) is 0 Å². The Morgan fingerprint density at radius 1 is 1.30 bits per heavy atom. The van der Waals surface area contributed by atoms with Gasteiger partial charge < -0.3 is 10.6 Å². The number of nitrogens with zero attached hydrogens (tertiary/aromatic N) is 4. The molecule has 0 aliphatic heterocycles. The average Bonchev–Trinajstić information content (AvgIpc) is 3.01. The molecule has 23 heavy (non-hydrogen) atoms. The monoisotopic (exact) mass is 334 g/mol. The van der Waals surface area contributed by atoms with Crippen LogP contribution in [-0.2, 0) is 20.0 Å². The largest absolute Gasteiger partial charge is 0.357 e. The molecular weight excluding hydrogens is 308 g/mol. The summed E-state index contributed by atoms with van der Waals surface area (Å²) >= 11 is 1.75. The highest BCUT2D eigenvalue weighted by Crippen LogP contribution is 2.13. The number of thiazole rings is 1. The predicted molar refractivity (Wildman–Crippen MR) is 96.1 cm³/mol. The van der Waals surface area contributed by atoms with Crippen molar-refractivity contribution >= 4 is 17.3 Å². The van der Waals surface area contributed by atoms with E-state index in [2.05, 4.69) is 46.5 Å². The van der Waals surface area contributed by atoms with Crippen LogP contribution in [0.4, 0.5) is 0 Å². The molecule has 0 atom stereocenters. The minimum atomic E-state index is 0.636. The molecule has 0 saturated heterocycles. The van der Waals surface area contributed by atoms with Gasteiger partial charge in [-0.05, 0) is 27.7 Å². The summed E-state index contributed by atoms with van der Waals surface area (Å²) in [6.45, 7) is 10.6. The number of hydrogen-bond acceptors (Lipinski definition) is 4. The van der Waals surface area contributed by atoms with E-state index in [-0.39, 0.29) is 0 Å². The van der Waals surface area contributed by atoms with E-state index in [9.17, 15) is 0 Å². The lowest BCUT2D eigenvalue weighted by atomic mass is 10.2. The van der Waals surface area contributed by atoms with Crippen molar-refractivity contribution in [1.29, 1.82) is 0 Å². The molecule has 0 aliphatic carbocycles. The zero-order valence-electron chi connectivity index (χ0n) is 14.6. The number of rotatable bonds is 6. The normalized spacial score (nSPS) is 11.8. The van der Waals surface area contributed by atoms with Crippen LogP contribution in [0.5, 0.6) is 0 Å². The van der Waals surface area contributed by atoms with Crippen LogP contribution < -0.4 is 10.6 Å². The van der Waals surface area contributed by atoms with Gasteiger partial charge in [0.15, 0.2) is 5.96 Å². The van der Waals surface area contributed by atoms with Crippen molar-refractivity contribution in [1.82, 2.24) is 25.4 Å². The number of nitrogens with one attached hydrogen (secondary N) is 2. The molecule has 2 N–H and O–H groups in total. The first-order valence-electron chi connectivity index (χ1n) is 7.93. The SMILES string of the molecule is CCNC(=NCc1c(C)nn(C)c1C)NCCc1ncc(C)s1. The fourth-order valence-corrected chi connectivity index (χ4v) is 3.14. The van der Waals surface area contributed by atoms with Gasteiger partial charge in [0.05, 0.1) is 17.2 Å². The zero-order chi connectivity index (χ0) is 16.8. The summed E-state index contributed by atoms with van der Waals surface area (Å²) in [6, 6.07) is 0. The summed E-state index contributed by atoms with van der Waals surface area (Å²) in [6.07, 6.45) is 2.83. The lowest BCUT2D eigenvalue weighted by Crippen LogP contribution is -2.38. The van der Waals surface area contributed by atoms with Gasteiger partial charge in [-0.15, -0.1) is 11.3 Å². The van der Waals surface area contributed by atoms with E-state index in [1.807, 2.05) is 24.9 Å². The number of hydrogen-bond donors (Lipinski definition) is 2. The molecule has 7 heteroatoms. The third-order valence-corrected chi connectivity index (χ3v) is 4.67. The molecule has 0 radical (unpaired) electrons. The quantitative estimate of drug-likeness (QED) is 0.627. The smallest absolute Gasteiger partial charge is 0.191 e.